The molecule has 3 N–H and O–H groups in total. The number of nitrogens with two attached hydrogens (primary N) is 1. The van der Waals surface area contributed by atoms with Crippen LogP contribution < -0.4 is 11.1 Å². The van der Waals surface area contributed by atoms with Crippen LogP contribution >= 0.6 is 0 Å². The molecule has 0 bridgehead atoms. The Morgan fingerprint density at radius 1 is 1.27 bits per heavy atom. The van der Waals surface area contributed by atoms with E-state index in [4.69, 9.17) is 5.73 Å². The summed E-state index contributed by atoms with van der Waals surface area (Å²) in [7, 11) is 0. The molecule has 1 saturated carbocycles. The van der Waals surface area contributed by atoms with Crippen LogP contribution in [0.1, 0.15) is 25.7 Å². The van der Waals surface area contributed by atoms with E-state index in [2.05, 4.69) is 10.3 Å². The molecule has 82 valence electrons. The van der Waals surface area contributed by atoms with Gasteiger partial charge in [0, 0.05) is 12.1 Å². The molecule has 0 atom stereocenters. The summed E-state index contributed by atoms with van der Waals surface area (Å²) in [6, 6.07) is 3.88. The molecule has 1 aromatic heterocycles. The molecule has 0 aliphatic heterocycles. The molecule has 1 aliphatic carbocycles. The van der Waals surface area contributed by atoms with E-state index >= 15 is 0 Å². The fourth-order valence-corrected chi connectivity index (χ4v) is 1.93. The topological polar surface area (TPSA) is 50.9 Å². The zero-order valence-electron chi connectivity index (χ0n) is 8.62. The highest BCUT2D eigenvalue weighted by Crippen LogP contribution is 2.20. The van der Waals surface area contributed by atoms with Gasteiger partial charge >= 0.3 is 0 Å². The number of anilines is 1. The van der Waals surface area contributed by atoms with E-state index in [1.165, 1.54) is 12.3 Å². The van der Waals surface area contributed by atoms with E-state index in [9.17, 15) is 4.39 Å². The highest BCUT2D eigenvalue weighted by atomic mass is 19.1. The van der Waals surface area contributed by atoms with E-state index in [1.807, 2.05) is 0 Å². The quantitative estimate of drug-likeness (QED) is 0.782. The van der Waals surface area contributed by atoms with Gasteiger partial charge in [-0.25, -0.2) is 9.37 Å². The van der Waals surface area contributed by atoms with E-state index in [-0.39, 0.29) is 5.82 Å². The third-order valence-corrected chi connectivity index (χ3v) is 2.85. The minimum absolute atomic E-state index is 0.300. The average Bonchev–Trinajstić information content (AvgIpc) is 2.25. The van der Waals surface area contributed by atoms with Crippen LogP contribution in [0.25, 0.3) is 0 Å². The van der Waals surface area contributed by atoms with Crippen molar-refractivity contribution in [1.82, 2.24) is 4.98 Å². The molecule has 0 saturated heterocycles. The first-order chi connectivity index (χ1) is 7.24. The Kier molecular flexibility index (Phi) is 3.16. The summed E-state index contributed by atoms with van der Waals surface area (Å²) in [6.07, 6.45) is 5.48. The van der Waals surface area contributed by atoms with Gasteiger partial charge in [-0.05, 0) is 37.8 Å². The van der Waals surface area contributed by atoms with Gasteiger partial charge in [-0.2, -0.15) is 0 Å². The second-order valence-electron chi connectivity index (χ2n) is 4.12. The van der Waals surface area contributed by atoms with Gasteiger partial charge in [-0.1, -0.05) is 0 Å². The van der Waals surface area contributed by atoms with E-state index in [0.29, 0.717) is 12.1 Å². The predicted molar refractivity (Wildman–Crippen MR) is 58.0 cm³/mol. The molecule has 1 aromatic rings. The molecule has 1 fully saturated rings. The number of pyridine rings is 1. The highest BCUT2D eigenvalue weighted by Gasteiger charge is 2.18. The maximum absolute atomic E-state index is 12.6. The Morgan fingerprint density at radius 2 is 2.00 bits per heavy atom. The maximum atomic E-state index is 12.6. The Labute approximate surface area is 88.9 Å². The normalized spacial score (nSPS) is 26.3. The molecule has 1 heterocycles. The van der Waals surface area contributed by atoms with Crippen molar-refractivity contribution in [1.29, 1.82) is 0 Å². The summed E-state index contributed by atoms with van der Waals surface area (Å²) in [5.41, 5.74) is 5.82. The number of halogens is 1. The van der Waals surface area contributed by atoms with Gasteiger partial charge in [-0.3, -0.25) is 0 Å². The van der Waals surface area contributed by atoms with Crippen molar-refractivity contribution in [2.75, 3.05) is 5.32 Å². The van der Waals surface area contributed by atoms with Crippen LogP contribution in [0.5, 0.6) is 0 Å². The second kappa shape index (κ2) is 4.57. The summed E-state index contributed by atoms with van der Waals surface area (Å²) in [4.78, 5) is 3.97. The van der Waals surface area contributed by atoms with Crippen LogP contribution in [0, 0.1) is 5.82 Å². The molecule has 3 nitrogen and oxygen atoms in total. The Hall–Kier alpha value is -1.16. The van der Waals surface area contributed by atoms with Gasteiger partial charge in [0.15, 0.2) is 0 Å². The van der Waals surface area contributed by atoms with Crippen molar-refractivity contribution in [2.45, 2.75) is 37.8 Å². The lowest BCUT2D eigenvalue weighted by atomic mass is 9.92. The van der Waals surface area contributed by atoms with Crippen LogP contribution in [0.3, 0.4) is 0 Å². The zero-order chi connectivity index (χ0) is 10.7. The fraction of sp³-hybridized carbons (Fsp3) is 0.545. The molecule has 0 unspecified atom stereocenters. The molecule has 0 aromatic carbocycles. The predicted octanol–water partition coefficient (Wildman–Crippen LogP) is 1.90. The highest BCUT2D eigenvalue weighted by molar-refractivity contribution is 5.34. The smallest absolute Gasteiger partial charge is 0.141 e. The summed E-state index contributed by atoms with van der Waals surface area (Å²) in [6.45, 7) is 0. The molecular weight excluding hydrogens is 193 g/mol. The molecule has 0 radical (unpaired) electrons. The number of hydrogen-bond donors (Lipinski definition) is 2. The van der Waals surface area contributed by atoms with Crippen molar-refractivity contribution in [2.24, 2.45) is 5.73 Å². The molecule has 0 amide bonds. The Bertz CT molecular complexity index is 304. The van der Waals surface area contributed by atoms with Gasteiger partial charge in [0.25, 0.3) is 0 Å². The Balaban J connectivity index is 1.89. The van der Waals surface area contributed by atoms with Crippen molar-refractivity contribution in [3.8, 4) is 0 Å². The minimum atomic E-state index is -0.300. The molecular formula is C11H16FN3. The number of hydrogen-bond acceptors (Lipinski definition) is 3. The first-order valence-electron chi connectivity index (χ1n) is 5.38. The SMILES string of the molecule is NC1CCC(Nc2ccc(F)cn2)CC1. The van der Waals surface area contributed by atoms with Crippen LogP contribution in [0.4, 0.5) is 10.2 Å². The number of rotatable bonds is 2. The summed E-state index contributed by atoms with van der Waals surface area (Å²) in [5, 5.41) is 3.30. The van der Waals surface area contributed by atoms with Gasteiger partial charge < -0.3 is 11.1 Å². The summed E-state index contributed by atoms with van der Waals surface area (Å²) < 4.78 is 12.6. The van der Waals surface area contributed by atoms with Gasteiger partial charge in [0.2, 0.25) is 0 Å². The average molecular weight is 209 g/mol. The number of nitrogens with zero attached hydrogens (tertiary/aromatic N) is 1. The standard InChI is InChI=1S/C11H16FN3/c12-8-1-6-11(14-7-8)15-10-4-2-9(13)3-5-10/h1,6-7,9-10H,2-5,13H2,(H,14,15). The lowest BCUT2D eigenvalue weighted by Gasteiger charge is -2.27. The zero-order valence-corrected chi connectivity index (χ0v) is 8.62. The summed E-state index contributed by atoms with van der Waals surface area (Å²) in [5.74, 6) is 0.447. The molecule has 15 heavy (non-hydrogen) atoms. The van der Waals surface area contributed by atoms with E-state index in [0.717, 1.165) is 31.5 Å². The van der Waals surface area contributed by atoms with Gasteiger partial charge in [0.05, 0.1) is 6.20 Å². The van der Waals surface area contributed by atoms with Crippen LogP contribution in [0.2, 0.25) is 0 Å². The molecule has 2 rings (SSSR count). The number of nitrogens with one attached hydrogen (secondary N) is 1. The van der Waals surface area contributed by atoms with E-state index in [1.54, 1.807) is 6.07 Å². The third kappa shape index (κ3) is 2.89. The Morgan fingerprint density at radius 3 is 2.60 bits per heavy atom. The van der Waals surface area contributed by atoms with Crippen molar-refractivity contribution in [3.05, 3.63) is 24.1 Å². The maximum Gasteiger partial charge on any atom is 0.141 e. The lowest BCUT2D eigenvalue weighted by molar-refractivity contribution is 0.410. The van der Waals surface area contributed by atoms with Crippen molar-refractivity contribution >= 4 is 5.82 Å². The van der Waals surface area contributed by atoms with Gasteiger partial charge in [-0.15, -0.1) is 0 Å². The second-order valence-corrected chi connectivity index (χ2v) is 4.12. The summed E-state index contributed by atoms with van der Waals surface area (Å²) >= 11 is 0. The first-order valence-corrected chi connectivity index (χ1v) is 5.38. The third-order valence-electron chi connectivity index (χ3n) is 2.85. The van der Waals surface area contributed by atoms with Crippen molar-refractivity contribution in [3.63, 3.8) is 0 Å². The lowest BCUT2D eigenvalue weighted by Crippen LogP contribution is -2.32. The molecule has 0 spiro atoms. The van der Waals surface area contributed by atoms with Crippen LogP contribution in [-0.2, 0) is 0 Å². The minimum Gasteiger partial charge on any atom is -0.367 e. The fourth-order valence-electron chi connectivity index (χ4n) is 1.93. The first kappa shape index (κ1) is 10.4. The molecule has 1 aliphatic rings. The largest absolute Gasteiger partial charge is 0.367 e. The number of aromatic nitrogens is 1. The van der Waals surface area contributed by atoms with Gasteiger partial charge in [0.1, 0.15) is 11.6 Å². The van der Waals surface area contributed by atoms with Crippen LogP contribution in [-0.4, -0.2) is 17.1 Å². The van der Waals surface area contributed by atoms with Crippen LogP contribution in [0.15, 0.2) is 18.3 Å². The van der Waals surface area contributed by atoms with E-state index < -0.39 is 0 Å². The monoisotopic (exact) mass is 209 g/mol. The molecule has 4 heteroatoms. The van der Waals surface area contributed by atoms with Crippen molar-refractivity contribution < 1.29 is 4.39 Å².